The third-order valence-corrected chi connectivity index (χ3v) is 4.82. The SMILES string of the molecule is COc1ccc2cc(CN(C)C[C@@H](C)N3CCOCC3)c(=O)[nH]c2c1. The summed E-state index contributed by atoms with van der Waals surface area (Å²) >= 11 is 0. The van der Waals surface area contributed by atoms with Crippen molar-refractivity contribution < 1.29 is 9.47 Å². The molecule has 25 heavy (non-hydrogen) atoms. The van der Waals surface area contributed by atoms with Crippen molar-refractivity contribution in [3.05, 3.63) is 40.2 Å². The number of ether oxygens (including phenoxy) is 2. The van der Waals surface area contributed by atoms with Gasteiger partial charge in [0.05, 0.1) is 25.8 Å². The van der Waals surface area contributed by atoms with Crippen molar-refractivity contribution in [1.82, 2.24) is 14.8 Å². The van der Waals surface area contributed by atoms with Gasteiger partial charge in [-0.15, -0.1) is 0 Å². The van der Waals surface area contributed by atoms with Crippen LogP contribution in [0.2, 0.25) is 0 Å². The first-order valence-electron chi connectivity index (χ1n) is 8.77. The van der Waals surface area contributed by atoms with Gasteiger partial charge in [0.1, 0.15) is 5.75 Å². The summed E-state index contributed by atoms with van der Waals surface area (Å²) in [7, 11) is 3.69. The second kappa shape index (κ2) is 7.99. The molecule has 1 saturated heterocycles. The summed E-state index contributed by atoms with van der Waals surface area (Å²) < 4.78 is 10.6. The molecule has 6 heteroatoms. The Bertz CT molecular complexity index is 768. The number of fused-ring (bicyclic) bond motifs is 1. The Balaban J connectivity index is 1.69. The molecular formula is C19H27N3O3. The highest BCUT2D eigenvalue weighted by Crippen LogP contribution is 2.19. The maximum absolute atomic E-state index is 12.4. The molecule has 6 nitrogen and oxygen atoms in total. The first-order valence-corrected chi connectivity index (χ1v) is 8.77. The predicted octanol–water partition coefficient (Wildman–Crippen LogP) is 1.69. The summed E-state index contributed by atoms with van der Waals surface area (Å²) in [6.07, 6.45) is 0. The van der Waals surface area contributed by atoms with E-state index in [1.54, 1.807) is 7.11 Å². The van der Waals surface area contributed by atoms with Gasteiger partial charge in [-0.3, -0.25) is 9.69 Å². The molecule has 0 amide bonds. The van der Waals surface area contributed by atoms with Gasteiger partial charge >= 0.3 is 0 Å². The molecule has 0 aliphatic carbocycles. The van der Waals surface area contributed by atoms with E-state index in [-0.39, 0.29) is 5.56 Å². The van der Waals surface area contributed by atoms with Crippen LogP contribution in [0.25, 0.3) is 10.9 Å². The van der Waals surface area contributed by atoms with E-state index >= 15 is 0 Å². The Hall–Kier alpha value is -1.89. The van der Waals surface area contributed by atoms with Gasteiger partial charge in [0.2, 0.25) is 0 Å². The minimum atomic E-state index is -0.0355. The normalized spacial score (nSPS) is 17.1. The van der Waals surface area contributed by atoms with Crippen LogP contribution in [0.1, 0.15) is 12.5 Å². The Kier molecular flexibility index (Phi) is 5.73. The molecule has 3 rings (SSSR count). The number of morpholine rings is 1. The van der Waals surface area contributed by atoms with E-state index in [1.807, 2.05) is 24.3 Å². The fourth-order valence-corrected chi connectivity index (χ4v) is 3.41. The number of likely N-dealkylation sites (N-methyl/N-ethyl adjacent to an activating group) is 1. The van der Waals surface area contributed by atoms with Crippen LogP contribution in [0.3, 0.4) is 0 Å². The third kappa shape index (κ3) is 4.39. The third-order valence-electron chi connectivity index (χ3n) is 4.82. The van der Waals surface area contributed by atoms with Crippen LogP contribution in [0.5, 0.6) is 5.75 Å². The molecule has 0 radical (unpaired) electrons. The highest BCUT2D eigenvalue weighted by molar-refractivity contribution is 5.80. The second-order valence-corrected chi connectivity index (χ2v) is 6.77. The molecule has 2 aromatic rings. The van der Waals surface area contributed by atoms with Crippen LogP contribution in [-0.2, 0) is 11.3 Å². The number of pyridine rings is 1. The quantitative estimate of drug-likeness (QED) is 0.863. The number of methoxy groups -OCH3 is 1. The Morgan fingerprint density at radius 3 is 2.80 bits per heavy atom. The summed E-state index contributed by atoms with van der Waals surface area (Å²) in [6, 6.07) is 8.16. The number of H-pyrrole nitrogens is 1. The van der Waals surface area contributed by atoms with Gasteiger partial charge in [0.15, 0.2) is 0 Å². The Morgan fingerprint density at radius 1 is 1.32 bits per heavy atom. The molecule has 1 fully saturated rings. The number of aromatic amines is 1. The van der Waals surface area contributed by atoms with Crippen LogP contribution in [0.15, 0.2) is 29.1 Å². The molecule has 0 spiro atoms. The lowest BCUT2D eigenvalue weighted by Gasteiger charge is -2.34. The van der Waals surface area contributed by atoms with Crippen molar-refractivity contribution in [2.45, 2.75) is 19.5 Å². The molecule has 1 aliphatic heterocycles. The van der Waals surface area contributed by atoms with Crippen LogP contribution >= 0.6 is 0 Å². The summed E-state index contributed by atoms with van der Waals surface area (Å²) in [6.45, 7) is 7.36. The van der Waals surface area contributed by atoms with E-state index in [2.05, 4.69) is 28.8 Å². The minimum absolute atomic E-state index is 0.0355. The lowest BCUT2D eigenvalue weighted by atomic mass is 10.1. The topological polar surface area (TPSA) is 57.8 Å². The Labute approximate surface area is 148 Å². The number of nitrogens with zero attached hydrogens (tertiary/aromatic N) is 2. The zero-order valence-electron chi connectivity index (χ0n) is 15.2. The van der Waals surface area contributed by atoms with Crippen LogP contribution in [0, 0.1) is 0 Å². The summed E-state index contributed by atoms with van der Waals surface area (Å²) in [4.78, 5) is 20.0. The van der Waals surface area contributed by atoms with E-state index < -0.39 is 0 Å². The largest absolute Gasteiger partial charge is 0.497 e. The van der Waals surface area contributed by atoms with Crippen LogP contribution in [-0.4, -0.2) is 67.8 Å². The lowest BCUT2D eigenvalue weighted by Crippen LogP contribution is -2.46. The van der Waals surface area contributed by atoms with Crippen molar-refractivity contribution in [2.24, 2.45) is 0 Å². The maximum atomic E-state index is 12.4. The maximum Gasteiger partial charge on any atom is 0.252 e. The molecule has 0 saturated carbocycles. The van der Waals surface area contributed by atoms with Gasteiger partial charge in [-0.1, -0.05) is 0 Å². The fourth-order valence-electron chi connectivity index (χ4n) is 3.41. The zero-order chi connectivity index (χ0) is 17.8. The molecule has 2 heterocycles. The smallest absolute Gasteiger partial charge is 0.252 e. The van der Waals surface area contributed by atoms with Crippen molar-refractivity contribution in [2.75, 3.05) is 47.0 Å². The van der Waals surface area contributed by atoms with E-state index in [0.29, 0.717) is 12.6 Å². The standard InChI is InChI=1S/C19H27N3O3/c1-14(22-6-8-25-9-7-22)12-21(2)13-16-10-15-4-5-17(24-3)11-18(15)20-19(16)23/h4-5,10-11,14H,6-9,12-13H2,1-3H3,(H,20,23)/t14-/m1/s1. The average molecular weight is 345 g/mol. The number of aromatic nitrogens is 1. The molecule has 136 valence electrons. The van der Waals surface area contributed by atoms with E-state index in [9.17, 15) is 4.79 Å². The van der Waals surface area contributed by atoms with Gasteiger partial charge in [-0.2, -0.15) is 0 Å². The van der Waals surface area contributed by atoms with Gasteiger partial charge in [0.25, 0.3) is 5.56 Å². The molecule has 1 aromatic carbocycles. The van der Waals surface area contributed by atoms with E-state index in [1.165, 1.54) is 0 Å². The fraction of sp³-hybridized carbons (Fsp3) is 0.526. The summed E-state index contributed by atoms with van der Waals surface area (Å²) in [5, 5.41) is 1.02. The van der Waals surface area contributed by atoms with Gasteiger partial charge in [-0.05, 0) is 37.6 Å². The summed E-state index contributed by atoms with van der Waals surface area (Å²) in [5.41, 5.74) is 1.55. The van der Waals surface area contributed by atoms with Crippen molar-refractivity contribution >= 4 is 10.9 Å². The van der Waals surface area contributed by atoms with Gasteiger partial charge < -0.3 is 19.4 Å². The Morgan fingerprint density at radius 2 is 2.08 bits per heavy atom. The predicted molar refractivity (Wildman–Crippen MR) is 99.3 cm³/mol. The minimum Gasteiger partial charge on any atom is -0.497 e. The van der Waals surface area contributed by atoms with E-state index in [4.69, 9.17) is 9.47 Å². The molecule has 1 atom stereocenters. The van der Waals surface area contributed by atoms with Crippen LogP contribution in [0.4, 0.5) is 0 Å². The highest BCUT2D eigenvalue weighted by atomic mass is 16.5. The first-order chi connectivity index (χ1) is 12.1. The lowest BCUT2D eigenvalue weighted by molar-refractivity contribution is 0.0137. The average Bonchev–Trinajstić information content (AvgIpc) is 2.62. The molecule has 0 bridgehead atoms. The van der Waals surface area contributed by atoms with E-state index in [0.717, 1.165) is 55.1 Å². The van der Waals surface area contributed by atoms with Gasteiger partial charge in [0, 0.05) is 43.9 Å². The van der Waals surface area contributed by atoms with Crippen molar-refractivity contribution in [3.8, 4) is 5.75 Å². The molecule has 1 aromatic heterocycles. The second-order valence-electron chi connectivity index (χ2n) is 6.77. The molecule has 0 unspecified atom stereocenters. The number of benzene rings is 1. The number of hydrogen-bond donors (Lipinski definition) is 1. The molecular weight excluding hydrogens is 318 g/mol. The number of rotatable bonds is 6. The molecule has 1 aliphatic rings. The number of nitrogens with one attached hydrogen (secondary N) is 1. The zero-order valence-corrected chi connectivity index (χ0v) is 15.2. The van der Waals surface area contributed by atoms with Gasteiger partial charge in [-0.25, -0.2) is 0 Å². The first kappa shape index (κ1) is 17.9. The molecule has 1 N–H and O–H groups in total. The van der Waals surface area contributed by atoms with Crippen LogP contribution < -0.4 is 10.3 Å². The number of hydrogen-bond acceptors (Lipinski definition) is 5. The van der Waals surface area contributed by atoms with Crippen molar-refractivity contribution in [1.29, 1.82) is 0 Å². The highest BCUT2D eigenvalue weighted by Gasteiger charge is 2.18. The summed E-state index contributed by atoms with van der Waals surface area (Å²) in [5.74, 6) is 0.743. The monoisotopic (exact) mass is 345 g/mol. The van der Waals surface area contributed by atoms with Crippen molar-refractivity contribution in [3.63, 3.8) is 0 Å².